The van der Waals surface area contributed by atoms with Gasteiger partial charge in [-0.2, -0.15) is 0 Å². The van der Waals surface area contributed by atoms with E-state index in [1.54, 1.807) is 36.4 Å². The van der Waals surface area contributed by atoms with E-state index in [1.807, 2.05) is 25.1 Å². The van der Waals surface area contributed by atoms with Crippen LogP contribution in [0.5, 0.6) is 0 Å². The molecular formula is C25H17FN2O3S. The maximum Gasteiger partial charge on any atom is 0.301 e. The molecule has 1 amide bonds. The Balaban J connectivity index is 1.76. The van der Waals surface area contributed by atoms with Gasteiger partial charge in [-0.3, -0.25) is 14.5 Å². The number of fused-ring (bicyclic) bond motifs is 1. The number of benzene rings is 3. The van der Waals surface area contributed by atoms with Crippen LogP contribution in [0.15, 0.2) is 78.4 Å². The number of aliphatic hydroxyl groups is 1. The molecule has 1 unspecified atom stereocenters. The summed E-state index contributed by atoms with van der Waals surface area (Å²) in [7, 11) is 0. The Hall–Kier alpha value is -3.84. The zero-order chi connectivity index (χ0) is 22.4. The van der Waals surface area contributed by atoms with Gasteiger partial charge in [-0.05, 0) is 30.7 Å². The highest BCUT2D eigenvalue weighted by Crippen LogP contribution is 2.44. The van der Waals surface area contributed by atoms with E-state index < -0.39 is 23.5 Å². The van der Waals surface area contributed by atoms with Crippen LogP contribution in [0.25, 0.3) is 16.0 Å². The highest BCUT2D eigenvalue weighted by molar-refractivity contribution is 7.22. The summed E-state index contributed by atoms with van der Waals surface area (Å²) in [6.07, 6.45) is 0. The molecule has 1 atom stereocenters. The molecule has 7 heteroatoms. The van der Waals surface area contributed by atoms with Crippen molar-refractivity contribution in [1.29, 1.82) is 0 Å². The molecule has 1 aliphatic rings. The van der Waals surface area contributed by atoms with Gasteiger partial charge in [0, 0.05) is 11.1 Å². The van der Waals surface area contributed by atoms with Gasteiger partial charge in [-0.1, -0.05) is 65.9 Å². The summed E-state index contributed by atoms with van der Waals surface area (Å²) in [6, 6.07) is 18.9. The molecule has 158 valence electrons. The quantitative estimate of drug-likeness (QED) is 0.262. The Kier molecular flexibility index (Phi) is 4.83. The van der Waals surface area contributed by atoms with Gasteiger partial charge < -0.3 is 5.11 Å². The zero-order valence-electron chi connectivity index (χ0n) is 16.9. The second-order valence-electron chi connectivity index (χ2n) is 7.52. The van der Waals surface area contributed by atoms with Gasteiger partial charge in [0.05, 0.1) is 15.8 Å². The number of rotatable bonds is 3. The molecule has 2 heterocycles. The molecule has 0 saturated carbocycles. The zero-order valence-corrected chi connectivity index (χ0v) is 17.8. The normalized spacial score (nSPS) is 17.9. The number of hydrogen-bond acceptors (Lipinski definition) is 5. The van der Waals surface area contributed by atoms with Crippen molar-refractivity contribution in [1.82, 2.24) is 4.98 Å². The second-order valence-corrected chi connectivity index (χ2v) is 8.53. The predicted molar refractivity (Wildman–Crippen MR) is 122 cm³/mol. The number of carbonyl (C=O) groups is 2. The first kappa shape index (κ1) is 20.1. The Morgan fingerprint density at radius 1 is 1.03 bits per heavy atom. The first-order chi connectivity index (χ1) is 15.5. The smallest absolute Gasteiger partial charge is 0.301 e. The summed E-state index contributed by atoms with van der Waals surface area (Å²) in [5, 5.41) is 11.3. The number of ketones is 1. The topological polar surface area (TPSA) is 70.5 Å². The first-order valence-electron chi connectivity index (χ1n) is 9.94. The number of halogens is 1. The SMILES string of the molecule is Cc1ccc2nc(N3C(=O)C(=O)C(=C(O)c4ccccc4)C3c3ccccc3F)sc2c1. The van der Waals surface area contributed by atoms with E-state index in [0.29, 0.717) is 11.1 Å². The highest BCUT2D eigenvalue weighted by Gasteiger charge is 2.49. The molecule has 1 fully saturated rings. The van der Waals surface area contributed by atoms with E-state index >= 15 is 0 Å². The van der Waals surface area contributed by atoms with Gasteiger partial charge >= 0.3 is 5.91 Å². The first-order valence-corrected chi connectivity index (χ1v) is 10.8. The molecule has 0 spiro atoms. The van der Waals surface area contributed by atoms with E-state index in [0.717, 1.165) is 10.3 Å². The average Bonchev–Trinajstić information content (AvgIpc) is 3.32. The molecule has 1 aliphatic heterocycles. The van der Waals surface area contributed by atoms with Gasteiger partial charge in [0.25, 0.3) is 5.78 Å². The van der Waals surface area contributed by atoms with Crippen LogP contribution in [0.2, 0.25) is 0 Å². The number of thiazole rings is 1. The van der Waals surface area contributed by atoms with Crippen molar-refractivity contribution in [3.8, 4) is 0 Å². The van der Waals surface area contributed by atoms with Crippen molar-refractivity contribution in [2.75, 3.05) is 4.90 Å². The number of hydrogen-bond donors (Lipinski definition) is 1. The minimum Gasteiger partial charge on any atom is -0.507 e. The van der Waals surface area contributed by atoms with Crippen molar-refractivity contribution in [3.63, 3.8) is 0 Å². The number of Topliss-reactive ketones (excluding diaryl/α,β-unsaturated/α-hetero) is 1. The van der Waals surface area contributed by atoms with E-state index in [9.17, 15) is 19.1 Å². The van der Waals surface area contributed by atoms with Crippen molar-refractivity contribution >= 4 is 44.1 Å². The number of anilines is 1. The lowest BCUT2D eigenvalue weighted by Gasteiger charge is -2.23. The van der Waals surface area contributed by atoms with Crippen molar-refractivity contribution in [2.45, 2.75) is 13.0 Å². The summed E-state index contributed by atoms with van der Waals surface area (Å²) in [4.78, 5) is 32.0. The van der Waals surface area contributed by atoms with Crippen LogP contribution in [0, 0.1) is 12.7 Å². The third kappa shape index (κ3) is 3.18. The Bertz CT molecular complexity index is 1410. The molecule has 0 radical (unpaired) electrons. The lowest BCUT2D eigenvalue weighted by Crippen LogP contribution is -2.29. The fourth-order valence-corrected chi connectivity index (χ4v) is 4.99. The molecule has 3 aromatic carbocycles. The molecule has 5 rings (SSSR count). The summed E-state index contributed by atoms with van der Waals surface area (Å²) >= 11 is 1.24. The molecule has 32 heavy (non-hydrogen) atoms. The van der Waals surface area contributed by atoms with Crippen LogP contribution in [0.1, 0.15) is 22.7 Å². The van der Waals surface area contributed by atoms with Gasteiger partial charge in [-0.15, -0.1) is 0 Å². The van der Waals surface area contributed by atoms with Gasteiger partial charge in [-0.25, -0.2) is 9.37 Å². The number of aliphatic hydroxyl groups excluding tert-OH is 1. The van der Waals surface area contributed by atoms with Crippen LogP contribution in [-0.4, -0.2) is 21.8 Å². The third-order valence-corrected chi connectivity index (χ3v) is 6.45. The monoisotopic (exact) mass is 444 g/mol. The largest absolute Gasteiger partial charge is 0.507 e. The van der Waals surface area contributed by atoms with Crippen LogP contribution < -0.4 is 4.90 Å². The molecule has 1 aromatic heterocycles. The minimum absolute atomic E-state index is 0.111. The Morgan fingerprint density at radius 2 is 1.75 bits per heavy atom. The van der Waals surface area contributed by atoms with E-state index in [2.05, 4.69) is 4.98 Å². The molecule has 1 N–H and O–H groups in total. The number of nitrogens with zero attached hydrogens (tertiary/aromatic N) is 2. The standard InChI is InChI=1S/C25H17FN2O3S/c1-14-11-12-18-19(13-14)32-25(27-18)28-21(16-9-5-6-10-17(16)26)20(23(30)24(28)31)22(29)15-7-3-2-4-8-15/h2-13,21,29H,1H3. The van der Waals surface area contributed by atoms with Crippen molar-refractivity contribution < 1.29 is 19.1 Å². The summed E-state index contributed by atoms with van der Waals surface area (Å²) in [6.45, 7) is 1.95. The summed E-state index contributed by atoms with van der Waals surface area (Å²) < 4.78 is 15.8. The van der Waals surface area contributed by atoms with E-state index in [4.69, 9.17) is 0 Å². The molecule has 5 nitrogen and oxygen atoms in total. The van der Waals surface area contributed by atoms with E-state index in [1.165, 1.54) is 34.4 Å². The van der Waals surface area contributed by atoms with Crippen molar-refractivity contribution in [2.24, 2.45) is 0 Å². The highest BCUT2D eigenvalue weighted by atomic mass is 32.1. The van der Waals surface area contributed by atoms with Crippen LogP contribution >= 0.6 is 11.3 Å². The molecule has 0 bridgehead atoms. The molecule has 4 aromatic rings. The van der Waals surface area contributed by atoms with Crippen molar-refractivity contribution in [3.05, 3.63) is 101 Å². The third-order valence-electron chi connectivity index (χ3n) is 5.43. The van der Waals surface area contributed by atoms with Crippen LogP contribution in [-0.2, 0) is 9.59 Å². The predicted octanol–water partition coefficient (Wildman–Crippen LogP) is 5.37. The maximum absolute atomic E-state index is 14.9. The fourth-order valence-electron chi connectivity index (χ4n) is 3.90. The van der Waals surface area contributed by atoms with Gasteiger partial charge in [0.15, 0.2) is 5.13 Å². The summed E-state index contributed by atoms with van der Waals surface area (Å²) in [5.74, 6) is -2.67. The minimum atomic E-state index is -1.14. The maximum atomic E-state index is 14.9. The van der Waals surface area contributed by atoms with E-state index in [-0.39, 0.29) is 22.0 Å². The molecular weight excluding hydrogens is 427 g/mol. The molecule has 1 saturated heterocycles. The lowest BCUT2D eigenvalue weighted by atomic mass is 9.95. The van der Waals surface area contributed by atoms with Crippen LogP contribution in [0.3, 0.4) is 0 Å². The fraction of sp³-hybridized carbons (Fsp3) is 0.0800. The van der Waals surface area contributed by atoms with Gasteiger partial charge in [0.1, 0.15) is 17.6 Å². The summed E-state index contributed by atoms with van der Waals surface area (Å²) in [5.41, 5.74) is 2.02. The Labute approximate surface area is 187 Å². The number of carbonyl (C=O) groups excluding carboxylic acids is 2. The average molecular weight is 444 g/mol. The Morgan fingerprint density at radius 3 is 2.50 bits per heavy atom. The van der Waals surface area contributed by atoms with Gasteiger partial charge in [0.2, 0.25) is 0 Å². The number of aromatic nitrogens is 1. The van der Waals surface area contributed by atoms with Crippen LogP contribution in [0.4, 0.5) is 9.52 Å². The number of aryl methyl sites for hydroxylation is 1. The molecule has 0 aliphatic carbocycles. The lowest BCUT2D eigenvalue weighted by molar-refractivity contribution is -0.132. The second kappa shape index (κ2) is 7.69. The number of amides is 1.